The minimum absolute atomic E-state index is 0.00292. The van der Waals surface area contributed by atoms with Gasteiger partial charge in [-0.25, -0.2) is 9.37 Å². The average Bonchev–Trinajstić information content (AvgIpc) is 3.17. The van der Waals surface area contributed by atoms with E-state index in [9.17, 15) is 9.18 Å². The molecule has 1 aromatic heterocycles. The molecule has 1 N–H and O–H groups in total. The number of carbonyl (C=O) groups excluding carboxylic acids is 1. The smallest absolute Gasteiger partial charge is 0.225 e. The van der Waals surface area contributed by atoms with E-state index in [1.54, 1.807) is 38.7 Å². The number of nitrogens with zero attached hydrogens (tertiary/aromatic N) is 2. The van der Waals surface area contributed by atoms with Crippen molar-refractivity contribution >= 4 is 5.91 Å². The standard InChI is InChI=1S/C22H24FN3O4/c1-26-8-7-24-22(26)21(15-11-16(28-2)13-17(12-15)29-3)25-20(27)10-14-5-6-19(30-4)18(23)9-14/h5-9,11-13,21H,10H2,1-4H3,(H,25,27). The van der Waals surface area contributed by atoms with Gasteiger partial charge in [-0.3, -0.25) is 4.79 Å². The van der Waals surface area contributed by atoms with Gasteiger partial charge in [0.1, 0.15) is 23.4 Å². The summed E-state index contributed by atoms with van der Waals surface area (Å²) >= 11 is 0. The summed E-state index contributed by atoms with van der Waals surface area (Å²) in [6, 6.07) is 9.28. The monoisotopic (exact) mass is 413 g/mol. The lowest BCUT2D eigenvalue weighted by Crippen LogP contribution is -2.32. The zero-order chi connectivity index (χ0) is 21.7. The summed E-state index contributed by atoms with van der Waals surface area (Å²) in [4.78, 5) is 17.2. The number of hydrogen-bond acceptors (Lipinski definition) is 5. The number of carbonyl (C=O) groups is 1. The van der Waals surface area contributed by atoms with Crippen molar-refractivity contribution in [1.29, 1.82) is 0 Å². The van der Waals surface area contributed by atoms with Gasteiger partial charge in [-0.2, -0.15) is 0 Å². The van der Waals surface area contributed by atoms with Crippen molar-refractivity contribution in [2.24, 2.45) is 7.05 Å². The Morgan fingerprint density at radius 2 is 1.80 bits per heavy atom. The lowest BCUT2D eigenvalue weighted by molar-refractivity contribution is -0.121. The van der Waals surface area contributed by atoms with Crippen LogP contribution in [0.15, 0.2) is 48.8 Å². The molecule has 0 radical (unpaired) electrons. The second-order valence-electron chi connectivity index (χ2n) is 6.69. The molecule has 3 aromatic rings. The summed E-state index contributed by atoms with van der Waals surface area (Å²) in [5.41, 5.74) is 1.28. The Morgan fingerprint density at radius 1 is 1.10 bits per heavy atom. The molecule has 1 heterocycles. The predicted octanol–water partition coefficient (Wildman–Crippen LogP) is 3.03. The van der Waals surface area contributed by atoms with E-state index in [-0.39, 0.29) is 18.1 Å². The molecule has 8 heteroatoms. The largest absolute Gasteiger partial charge is 0.497 e. The molecule has 30 heavy (non-hydrogen) atoms. The molecule has 1 unspecified atom stereocenters. The minimum Gasteiger partial charge on any atom is -0.497 e. The molecule has 0 spiro atoms. The molecule has 158 valence electrons. The van der Waals surface area contributed by atoms with Gasteiger partial charge in [-0.15, -0.1) is 0 Å². The molecule has 0 aliphatic rings. The number of rotatable bonds is 8. The molecule has 0 aliphatic heterocycles. The minimum atomic E-state index is -0.551. The Kier molecular flexibility index (Phi) is 6.56. The number of nitrogens with one attached hydrogen (secondary N) is 1. The fraction of sp³-hybridized carbons (Fsp3) is 0.273. The lowest BCUT2D eigenvalue weighted by atomic mass is 10.0. The first-order chi connectivity index (χ1) is 14.4. The molecular weight excluding hydrogens is 389 g/mol. The van der Waals surface area contributed by atoms with E-state index in [1.165, 1.54) is 19.2 Å². The number of aromatic nitrogens is 2. The fourth-order valence-electron chi connectivity index (χ4n) is 3.17. The van der Waals surface area contributed by atoms with Crippen LogP contribution >= 0.6 is 0 Å². The molecule has 0 bridgehead atoms. The van der Waals surface area contributed by atoms with Gasteiger partial charge in [0.2, 0.25) is 5.91 Å². The van der Waals surface area contributed by atoms with E-state index in [4.69, 9.17) is 14.2 Å². The van der Waals surface area contributed by atoms with E-state index in [0.717, 1.165) is 5.56 Å². The SMILES string of the molecule is COc1cc(OC)cc(C(NC(=O)Cc2ccc(OC)c(F)c2)c2nccn2C)c1. The van der Waals surface area contributed by atoms with Crippen molar-refractivity contribution in [2.45, 2.75) is 12.5 Å². The summed E-state index contributed by atoms with van der Waals surface area (Å²) in [5.74, 6) is 1.16. The van der Waals surface area contributed by atoms with E-state index in [2.05, 4.69) is 10.3 Å². The summed E-state index contributed by atoms with van der Waals surface area (Å²) in [6.45, 7) is 0. The van der Waals surface area contributed by atoms with Gasteiger partial charge < -0.3 is 24.1 Å². The third kappa shape index (κ3) is 4.71. The predicted molar refractivity (Wildman–Crippen MR) is 109 cm³/mol. The van der Waals surface area contributed by atoms with Crippen molar-refractivity contribution in [1.82, 2.24) is 14.9 Å². The van der Waals surface area contributed by atoms with Crippen molar-refractivity contribution in [3.63, 3.8) is 0 Å². The van der Waals surface area contributed by atoms with E-state index >= 15 is 0 Å². The normalized spacial score (nSPS) is 11.6. The number of imidazole rings is 1. The number of methoxy groups -OCH3 is 3. The van der Waals surface area contributed by atoms with E-state index < -0.39 is 11.9 Å². The van der Waals surface area contributed by atoms with Gasteiger partial charge in [-0.1, -0.05) is 6.07 Å². The highest BCUT2D eigenvalue weighted by Gasteiger charge is 2.22. The molecule has 3 rings (SSSR count). The number of hydrogen-bond donors (Lipinski definition) is 1. The molecule has 0 saturated carbocycles. The van der Waals surface area contributed by atoms with Crippen molar-refractivity contribution in [3.8, 4) is 17.2 Å². The Morgan fingerprint density at radius 3 is 2.33 bits per heavy atom. The van der Waals surface area contributed by atoms with Gasteiger partial charge in [-0.05, 0) is 35.4 Å². The maximum absolute atomic E-state index is 14.0. The van der Waals surface area contributed by atoms with Crippen LogP contribution in [-0.4, -0.2) is 36.8 Å². The van der Waals surface area contributed by atoms with Crippen LogP contribution in [0, 0.1) is 5.82 Å². The highest BCUT2D eigenvalue weighted by atomic mass is 19.1. The van der Waals surface area contributed by atoms with Gasteiger partial charge in [0.25, 0.3) is 0 Å². The fourth-order valence-corrected chi connectivity index (χ4v) is 3.17. The van der Waals surface area contributed by atoms with Crippen LogP contribution in [0.3, 0.4) is 0 Å². The van der Waals surface area contributed by atoms with Gasteiger partial charge in [0.05, 0.1) is 27.8 Å². The average molecular weight is 413 g/mol. The van der Waals surface area contributed by atoms with Crippen molar-refractivity contribution in [2.75, 3.05) is 21.3 Å². The van der Waals surface area contributed by atoms with E-state index in [0.29, 0.717) is 22.9 Å². The zero-order valence-electron chi connectivity index (χ0n) is 17.3. The highest BCUT2D eigenvalue weighted by molar-refractivity contribution is 5.79. The van der Waals surface area contributed by atoms with Crippen LogP contribution in [0.25, 0.3) is 0 Å². The van der Waals surface area contributed by atoms with E-state index in [1.807, 2.05) is 23.7 Å². The number of benzene rings is 2. The molecule has 0 aliphatic carbocycles. The molecule has 0 saturated heterocycles. The van der Waals surface area contributed by atoms with Crippen molar-refractivity contribution < 1.29 is 23.4 Å². The number of ether oxygens (including phenoxy) is 3. The third-order valence-electron chi connectivity index (χ3n) is 4.71. The first kappa shape index (κ1) is 21.2. The lowest BCUT2D eigenvalue weighted by Gasteiger charge is -2.20. The molecule has 1 atom stereocenters. The zero-order valence-corrected chi connectivity index (χ0v) is 17.3. The molecule has 7 nitrogen and oxygen atoms in total. The number of aryl methyl sites for hydroxylation is 1. The first-order valence-corrected chi connectivity index (χ1v) is 9.27. The third-order valence-corrected chi connectivity index (χ3v) is 4.71. The van der Waals surface area contributed by atoms with Gasteiger partial charge in [0, 0.05) is 25.5 Å². The maximum atomic E-state index is 14.0. The Labute approximate surface area is 174 Å². The van der Waals surface area contributed by atoms with Crippen molar-refractivity contribution in [3.05, 3.63) is 71.6 Å². The second-order valence-corrected chi connectivity index (χ2v) is 6.69. The summed E-state index contributed by atoms with van der Waals surface area (Å²) in [5, 5.41) is 2.99. The Hall–Kier alpha value is -3.55. The van der Waals surface area contributed by atoms with Crippen LogP contribution in [0.5, 0.6) is 17.2 Å². The highest BCUT2D eigenvalue weighted by Crippen LogP contribution is 2.29. The molecule has 2 aromatic carbocycles. The summed E-state index contributed by atoms with van der Waals surface area (Å²) < 4.78 is 31.4. The Balaban J connectivity index is 1.90. The number of amides is 1. The van der Waals surface area contributed by atoms with Crippen LogP contribution in [0.2, 0.25) is 0 Å². The van der Waals surface area contributed by atoms with Crippen LogP contribution < -0.4 is 19.5 Å². The van der Waals surface area contributed by atoms with Crippen LogP contribution in [-0.2, 0) is 18.3 Å². The molecular formula is C22H24FN3O4. The van der Waals surface area contributed by atoms with Crippen LogP contribution in [0.4, 0.5) is 4.39 Å². The second kappa shape index (κ2) is 9.30. The molecule has 1 amide bonds. The topological polar surface area (TPSA) is 74.6 Å². The Bertz CT molecular complexity index is 1010. The maximum Gasteiger partial charge on any atom is 0.225 e. The van der Waals surface area contributed by atoms with Gasteiger partial charge >= 0.3 is 0 Å². The summed E-state index contributed by atoms with van der Waals surface area (Å²) in [7, 11) is 6.36. The molecule has 0 fully saturated rings. The summed E-state index contributed by atoms with van der Waals surface area (Å²) in [6.07, 6.45) is 3.46. The van der Waals surface area contributed by atoms with Crippen LogP contribution in [0.1, 0.15) is 23.0 Å². The quantitative estimate of drug-likeness (QED) is 0.615. The number of halogens is 1. The first-order valence-electron chi connectivity index (χ1n) is 9.27. The van der Waals surface area contributed by atoms with Gasteiger partial charge in [0.15, 0.2) is 11.6 Å².